The summed E-state index contributed by atoms with van der Waals surface area (Å²) in [5.74, 6) is -1.14. The smallest absolute Gasteiger partial charge is 0.200 e. The standard InChI is InChI=1S/C14H12N2O3S/c17-11-4-1-8(13(18)14(11)19)6-15-9-2-3-10-12(5-9)20-7-16-10/h1-5,7,15,17-19H,6H2. The van der Waals surface area contributed by atoms with Gasteiger partial charge < -0.3 is 20.6 Å². The molecule has 1 aromatic heterocycles. The highest BCUT2D eigenvalue weighted by molar-refractivity contribution is 7.16. The van der Waals surface area contributed by atoms with E-state index in [1.807, 2.05) is 18.2 Å². The Morgan fingerprint density at radius 3 is 2.75 bits per heavy atom. The van der Waals surface area contributed by atoms with Crippen molar-refractivity contribution < 1.29 is 15.3 Å². The van der Waals surface area contributed by atoms with Crippen LogP contribution < -0.4 is 5.32 Å². The van der Waals surface area contributed by atoms with Gasteiger partial charge in [0.05, 0.1) is 15.7 Å². The second kappa shape index (κ2) is 4.90. The highest BCUT2D eigenvalue weighted by Crippen LogP contribution is 2.37. The molecule has 20 heavy (non-hydrogen) atoms. The van der Waals surface area contributed by atoms with E-state index in [1.54, 1.807) is 22.9 Å². The molecule has 0 bridgehead atoms. The van der Waals surface area contributed by atoms with Gasteiger partial charge in [0.25, 0.3) is 0 Å². The van der Waals surface area contributed by atoms with Gasteiger partial charge in [0.1, 0.15) is 0 Å². The van der Waals surface area contributed by atoms with Crippen molar-refractivity contribution in [3.8, 4) is 17.2 Å². The molecule has 4 N–H and O–H groups in total. The Labute approximate surface area is 118 Å². The lowest BCUT2D eigenvalue weighted by Gasteiger charge is -2.10. The summed E-state index contributed by atoms with van der Waals surface area (Å²) in [6.07, 6.45) is 0. The van der Waals surface area contributed by atoms with Crippen molar-refractivity contribution in [3.05, 3.63) is 41.4 Å². The Bertz CT molecular complexity index is 770. The lowest BCUT2D eigenvalue weighted by atomic mass is 10.1. The molecule has 0 fully saturated rings. The molecular formula is C14H12N2O3S. The first-order valence-electron chi connectivity index (χ1n) is 5.95. The van der Waals surface area contributed by atoms with Crippen molar-refractivity contribution in [2.45, 2.75) is 6.54 Å². The molecule has 0 aliphatic heterocycles. The molecule has 0 radical (unpaired) electrons. The number of phenolic OH excluding ortho intramolecular Hbond substituents is 3. The molecule has 102 valence electrons. The van der Waals surface area contributed by atoms with Crippen LogP contribution in [0.2, 0.25) is 0 Å². The van der Waals surface area contributed by atoms with E-state index in [0.717, 1.165) is 15.9 Å². The normalized spacial score (nSPS) is 10.8. The number of phenols is 3. The van der Waals surface area contributed by atoms with Crippen LogP contribution in [-0.2, 0) is 6.54 Å². The summed E-state index contributed by atoms with van der Waals surface area (Å²) in [5, 5.41) is 31.6. The predicted molar refractivity (Wildman–Crippen MR) is 78.4 cm³/mol. The first-order chi connectivity index (χ1) is 9.65. The summed E-state index contributed by atoms with van der Waals surface area (Å²) in [6, 6.07) is 8.70. The maximum Gasteiger partial charge on any atom is 0.200 e. The molecule has 5 nitrogen and oxygen atoms in total. The number of thiazole rings is 1. The van der Waals surface area contributed by atoms with Crippen molar-refractivity contribution in [2.75, 3.05) is 5.32 Å². The van der Waals surface area contributed by atoms with Crippen molar-refractivity contribution in [3.63, 3.8) is 0 Å². The van der Waals surface area contributed by atoms with Crippen molar-refractivity contribution in [1.29, 1.82) is 0 Å². The minimum Gasteiger partial charge on any atom is -0.504 e. The molecule has 0 saturated carbocycles. The fourth-order valence-electron chi connectivity index (χ4n) is 1.92. The number of hydrogen-bond donors (Lipinski definition) is 4. The zero-order valence-electron chi connectivity index (χ0n) is 10.4. The molecule has 0 amide bonds. The van der Waals surface area contributed by atoms with Gasteiger partial charge in [0, 0.05) is 17.8 Å². The van der Waals surface area contributed by atoms with Crippen LogP contribution in [-0.4, -0.2) is 20.3 Å². The molecule has 0 aliphatic carbocycles. The third-order valence-corrected chi connectivity index (χ3v) is 3.82. The quantitative estimate of drug-likeness (QED) is 0.557. The van der Waals surface area contributed by atoms with Gasteiger partial charge >= 0.3 is 0 Å². The zero-order chi connectivity index (χ0) is 14.1. The fourth-order valence-corrected chi connectivity index (χ4v) is 2.63. The number of nitrogens with zero attached hydrogens (tertiary/aromatic N) is 1. The van der Waals surface area contributed by atoms with Gasteiger partial charge in [-0.15, -0.1) is 11.3 Å². The van der Waals surface area contributed by atoms with Crippen LogP contribution in [0.3, 0.4) is 0 Å². The summed E-state index contributed by atoms with van der Waals surface area (Å²) in [7, 11) is 0. The summed E-state index contributed by atoms with van der Waals surface area (Å²) >= 11 is 1.56. The second-order valence-electron chi connectivity index (χ2n) is 4.33. The first-order valence-corrected chi connectivity index (χ1v) is 6.83. The van der Waals surface area contributed by atoms with Crippen LogP contribution in [0, 0.1) is 0 Å². The van der Waals surface area contributed by atoms with E-state index in [0.29, 0.717) is 12.1 Å². The van der Waals surface area contributed by atoms with Gasteiger partial charge in [0.2, 0.25) is 5.75 Å². The number of anilines is 1. The Balaban J connectivity index is 1.80. The van der Waals surface area contributed by atoms with Crippen molar-refractivity contribution >= 4 is 27.2 Å². The average Bonchev–Trinajstić information content (AvgIpc) is 2.91. The number of rotatable bonds is 3. The Hall–Kier alpha value is -2.47. The predicted octanol–water partition coefficient (Wildman–Crippen LogP) is 3.03. The van der Waals surface area contributed by atoms with Crippen LogP contribution in [0.1, 0.15) is 5.56 Å². The number of nitrogens with one attached hydrogen (secondary N) is 1. The van der Waals surface area contributed by atoms with Gasteiger partial charge in [-0.3, -0.25) is 0 Å². The largest absolute Gasteiger partial charge is 0.504 e. The van der Waals surface area contributed by atoms with Crippen LogP contribution in [0.15, 0.2) is 35.8 Å². The van der Waals surface area contributed by atoms with Crippen LogP contribution in [0.25, 0.3) is 10.2 Å². The van der Waals surface area contributed by atoms with Gasteiger partial charge in [-0.25, -0.2) is 4.98 Å². The Morgan fingerprint density at radius 1 is 1.05 bits per heavy atom. The van der Waals surface area contributed by atoms with Gasteiger partial charge in [0.15, 0.2) is 11.5 Å². The highest BCUT2D eigenvalue weighted by Gasteiger charge is 2.10. The number of hydrogen-bond acceptors (Lipinski definition) is 6. The van der Waals surface area contributed by atoms with E-state index in [4.69, 9.17) is 0 Å². The molecule has 6 heteroatoms. The third kappa shape index (κ3) is 2.21. The monoisotopic (exact) mass is 288 g/mol. The van der Waals surface area contributed by atoms with Gasteiger partial charge in [-0.05, 0) is 30.3 Å². The molecule has 0 unspecified atom stereocenters. The van der Waals surface area contributed by atoms with E-state index in [-0.39, 0.29) is 11.5 Å². The molecule has 3 aromatic rings. The van der Waals surface area contributed by atoms with E-state index in [9.17, 15) is 15.3 Å². The minimum atomic E-state index is -0.498. The summed E-state index contributed by atoms with van der Waals surface area (Å²) in [5.41, 5.74) is 4.14. The Morgan fingerprint density at radius 2 is 1.90 bits per heavy atom. The maximum absolute atomic E-state index is 9.74. The number of fused-ring (bicyclic) bond motifs is 1. The maximum atomic E-state index is 9.74. The van der Waals surface area contributed by atoms with E-state index in [2.05, 4.69) is 10.3 Å². The van der Waals surface area contributed by atoms with E-state index < -0.39 is 5.75 Å². The number of aromatic hydroxyl groups is 3. The highest BCUT2D eigenvalue weighted by atomic mass is 32.1. The lowest BCUT2D eigenvalue weighted by Crippen LogP contribution is -1.99. The minimum absolute atomic E-state index is 0.309. The molecule has 0 atom stereocenters. The van der Waals surface area contributed by atoms with Crippen molar-refractivity contribution in [1.82, 2.24) is 4.98 Å². The van der Waals surface area contributed by atoms with Crippen LogP contribution in [0.5, 0.6) is 17.2 Å². The van der Waals surface area contributed by atoms with Crippen LogP contribution in [0.4, 0.5) is 5.69 Å². The average molecular weight is 288 g/mol. The van der Waals surface area contributed by atoms with E-state index in [1.165, 1.54) is 6.07 Å². The lowest BCUT2D eigenvalue weighted by molar-refractivity contribution is 0.365. The molecule has 0 saturated heterocycles. The van der Waals surface area contributed by atoms with Gasteiger partial charge in [-0.1, -0.05) is 0 Å². The van der Waals surface area contributed by atoms with E-state index >= 15 is 0 Å². The molecule has 1 heterocycles. The summed E-state index contributed by atoms with van der Waals surface area (Å²) < 4.78 is 1.08. The second-order valence-corrected chi connectivity index (χ2v) is 5.22. The van der Waals surface area contributed by atoms with Gasteiger partial charge in [-0.2, -0.15) is 0 Å². The molecule has 3 rings (SSSR count). The van der Waals surface area contributed by atoms with Crippen LogP contribution >= 0.6 is 11.3 Å². The first kappa shape index (κ1) is 12.6. The molecule has 2 aromatic carbocycles. The Kier molecular flexibility index (Phi) is 3.08. The van der Waals surface area contributed by atoms with Crippen molar-refractivity contribution in [2.24, 2.45) is 0 Å². The topological polar surface area (TPSA) is 85.6 Å². The summed E-state index contributed by atoms with van der Waals surface area (Å²) in [4.78, 5) is 4.20. The number of aromatic nitrogens is 1. The number of benzene rings is 2. The molecule has 0 aliphatic rings. The zero-order valence-corrected chi connectivity index (χ0v) is 11.2. The fraction of sp³-hybridized carbons (Fsp3) is 0.0714. The SMILES string of the molecule is Oc1ccc(CNc2ccc3ncsc3c2)c(O)c1O. The molecule has 0 spiro atoms. The summed E-state index contributed by atoms with van der Waals surface area (Å²) in [6.45, 7) is 0.337. The molecular weight excluding hydrogens is 276 g/mol. The third-order valence-electron chi connectivity index (χ3n) is 3.03.